The van der Waals surface area contributed by atoms with Crippen molar-refractivity contribution in [3.8, 4) is 0 Å². The van der Waals surface area contributed by atoms with Crippen molar-refractivity contribution in [1.82, 2.24) is 19.3 Å². The number of aryl methyl sites for hydroxylation is 2. The summed E-state index contributed by atoms with van der Waals surface area (Å²) in [5.74, 6) is 1.50. The number of rotatable bonds is 6. The number of benzene rings is 2. The number of carbonyl (C=O) groups excluding carboxylic acids is 1. The van der Waals surface area contributed by atoms with Gasteiger partial charge in [-0.1, -0.05) is 48.9 Å². The highest BCUT2D eigenvalue weighted by Crippen LogP contribution is 2.17. The third kappa shape index (κ3) is 3.67. The molecule has 6 nitrogen and oxygen atoms in total. The van der Waals surface area contributed by atoms with Crippen LogP contribution >= 0.6 is 0 Å². The third-order valence-electron chi connectivity index (χ3n) is 4.75. The van der Waals surface area contributed by atoms with E-state index in [2.05, 4.69) is 40.5 Å². The van der Waals surface area contributed by atoms with Crippen LogP contribution in [0.15, 0.2) is 60.8 Å². The fourth-order valence-electron chi connectivity index (χ4n) is 3.45. The molecule has 0 saturated heterocycles. The van der Waals surface area contributed by atoms with Gasteiger partial charge < -0.3 is 9.88 Å². The van der Waals surface area contributed by atoms with Crippen molar-refractivity contribution in [2.24, 2.45) is 0 Å². The highest BCUT2D eigenvalue weighted by molar-refractivity contribution is 5.91. The predicted octanol–water partition coefficient (Wildman–Crippen LogP) is 3.79. The maximum atomic E-state index is 12.7. The fraction of sp³-hybridized carbons (Fsp3) is 0.227. The Balaban J connectivity index is 1.52. The first-order valence-electron chi connectivity index (χ1n) is 9.45. The maximum Gasteiger partial charge on any atom is 0.245 e. The van der Waals surface area contributed by atoms with E-state index in [1.54, 1.807) is 10.9 Å². The molecule has 0 bridgehead atoms. The zero-order valence-corrected chi connectivity index (χ0v) is 16.1. The molecule has 0 aliphatic heterocycles. The Morgan fingerprint density at radius 3 is 2.79 bits per heavy atom. The lowest BCUT2D eigenvalue weighted by atomic mass is 10.1. The van der Waals surface area contributed by atoms with E-state index in [1.165, 1.54) is 5.56 Å². The van der Waals surface area contributed by atoms with E-state index in [4.69, 9.17) is 0 Å². The molecule has 0 radical (unpaired) electrons. The molecule has 0 unspecified atom stereocenters. The average molecular weight is 373 g/mol. The van der Waals surface area contributed by atoms with E-state index in [-0.39, 0.29) is 12.5 Å². The van der Waals surface area contributed by atoms with Crippen LogP contribution in [0.25, 0.3) is 11.0 Å². The number of imidazole rings is 1. The molecule has 2 heterocycles. The summed E-state index contributed by atoms with van der Waals surface area (Å²) in [5.41, 5.74) is 4.24. The molecule has 1 N–H and O–H groups in total. The summed E-state index contributed by atoms with van der Waals surface area (Å²) in [6.07, 6.45) is 2.47. The van der Waals surface area contributed by atoms with Crippen LogP contribution in [0.2, 0.25) is 0 Å². The molecule has 1 amide bonds. The quantitative estimate of drug-likeness (QED) is 0.559. The van der Waals surface area contributed by atoms with Gasteiger partial charge in [0, 0.05) is 12.5 Å². The molecular formula is C22H23N5O. The van der Waals surface area contributed by atoms with Gasteiger partial charge in [-0.25, -0.2) is 9.67 Å². The third-order valence-corrected chi connectivity index (χ3v) is 4.75. The molecule has 4 rings (SSSR count). The van der Waals surface area contributed by atoms with Crippen molar-refractivity contribution in [1.29, 1.82) is 0 Å². The molecule has 142 valence electrons. The largest absolute Gasteiger partial charge is 0.318 e. The number of carbonyl (C=O) groups is 1. The first-order chi connectivity index (χ1) is 13.6. The lowest BCUT2D eigenvalue weighted by Crippen LogP contribution is -2.22. The molecular weight excluding hydrogens is 350 g/mol. The molecule has 0 saturated carbocycles. The lowest BCUT2D eigenvalue weighted by molar-refractivity contribution is -0.116. The normalized spacial score (nSPS) is 11.1. The summed E-state index contributed by atoms with van der Waals surface area (Å²) in [6.45, 7) is 4.94. The van der Waals surface area contributed by atoms with E-state index in [0.29, 0.717) is 12.4 Å². The second-order valence-corrected chi connectivity index (χ2v) is 6.87. The Hall–Kier alpha value is -3.41. The highest BCUT2D eigenvalue weighted by Gasteiger charge is 2.14. The number of nitrogens with one attached hydrogen (secondary N) is 1. The number of hydrogen-bond acceptors (Lipinski definition) is 3. The number of hydrogen-bond donors (Lipinski definition) is 1. The summed E-state index contributed by atoms with van der Waals surface area (Å²) in [5, 5.41) is 7.35. The number of aromatic nitrogens is 4. The minimum atomic E-state index is -0.0937. The van der Waals surface area contributed by atoms with E-state index >= 15 is 0 Å². The molecule has 0 aliphatic carbocycles. The molecule has 0 fully saturated rings. The number of nitrogens with zero attached hydrogens (tertiary/aromatic N) is 4. The summed E-state index contributed by atoms with van der Waals surface area (Å²) < 4.78 is 3.78. The maximum absolute atomic E-state index is 12.7. The Morgan fingerprint density at radius 2 is 1.96 bits per heavy atom. The SMILES string of the molecule is CCc1nc2ccccc2n1CC(=O)Nc1ccnn1Cc1cccc(C)c1. The van der Waals surface area contributed by atoms with Crippen LogP contribution < -0.4 is 5.32 Å². The minimum Gasteiger partial charge on any atom is -0.318 e. The number of amides is 1. The topological polar surface area (TPSA) is 64.7 Å². The van der Waals surface area contributed by atoms with Crippen LogP contribution in [0.3, 0.4) is 0 Å². The van der Waals surface area contributed by atoms with Gasteiger partial charge in [-0.05, 0) is 24.6 Å². The summed E-state index contributed by atoms with van der Waals surface area (Å²) in [7, 11) is 0. The highest BCUT2D eigenvalue weighted by atomic mass is 16.2. The molecule has 4 aromatic rings. The van der Waals surface area contributed by atoms with Gasteiger partial charge in [0.25, 0.3) is 0 Å². The second kappa shape index (κ2) is 7.68. The van der Waals surface area contributed by atoms with Gasteiger partial charge in [0.1, 0.15) is 18.2 Å². The first-order valence-corrected chi connectivity index (χ1v) is 9.45. The van der Waals surface area contributed by atoms with Crippen molar-refractivity contribution >= 4 is 22.8 Å². The number of fused-ring (bicyclic) bond motifs is 1. The van der Waals surface area contributed by atoms with Crippen LogP contribution in [0.4, 0.5) is 5.82 Å². The van der Waals surface area contributed by atoms with Crippen molar-refractivity contribution in [2.75, 3.05) is 5.32 Å². The van der Waals surface area contributed by atoms with Crippen LogP contribution in [-0.2, 0) is 24.3 Å². The summed E-state index contributed by atoms with van der Waals surface area (Å²) >= 11 is 0. The molecule has 6 heteroatoms. The summed E-state index contributed by atoms with van der Waals surface area (Å²) in [4.78, 5) is 17.4. The minimum absolute atomic E-state index is 0.0937. The standard InChI is InChI=1S/C22H23N5O/c1-3-20-24-18-9-4-5-10-19(18)26(20)15-22(28)25-21-11-12-23-27(21)14-17-8-6-7-16(2)13-17/h4-13H,3,14-15H2,1-2H3,(H,25,28). The zero-order valence-electron chi connectivity index (χ0n) is 16.1. The molecule has 2 aromatic carbocycles. The van der Waals surface area contributed by atoms with Crippen LogP contribution in [0, 0.1) is 6.92 Å². The molecule has 0 spiro atoms. The second-order valence-electron chi connectivity index (χ2n) is 6.87. The Labute approximate surface area is 163 Å². The average Bonchev–Trinajstić information content (AvgIpc) is 3.26. The van der Waals surface area contributed by atoms with E-state index in [9.17, 15) is 4.79 Å². The van der Waals surface area contributed by atoms with Crippen molar-refractivity contribution in [3.63, 3.8) is 0 Å². The smallest absolute Gasteiger partial charge is 0.245 e. The van der Waals surface area contributed by atoms with Gasteiger partial charge in [-0.3, -0.25) is 4.79 Å². The molecule has 0 atom stereocenters. The summed E-state index contributed by atoms with van der Waals surface area (Å²) in [6, 6.07) is 18.0. The van der Waals surface area contributed by atoms with E-state index < -0.39 is 0 Å². The van der Waals surface area contributed by atoms with Crippen LogP contribution in [-0.4, -0.2) is 25.2 Å². The van der Waals surface area contributed by atoms with Gasteiger partial charge in [0.15, 0.2) is 0 Å². The van der Waals surface area contributed by atoms with Crippen LogP contribution in [0.1, 0.15) is 23.9 Å². The van der Waals surface area contributed by atoms with Gasteiger partial charge in [0.2, 0.25) is 5.91 Å². The lowest BCUT2D eigenvalue weighted by Gasteiger charge is -2.11. The number of anilines is 1. The Bertz CT molecular complexity index is 1120. The Kier molecular flexibility index (Phi) is 4.93. The van der Waals surface area contributed by atoms with Gasteiger partial charge in [0.05, 0.1) is 23.8 Å². The molecule has 2 aromatic heterocycles. The van der Waals surface area contributed by atoms with Gasteiger partial charge in [-0.15, -0.1) is 0 Å². The predicted molar refractivity (Wildman–Crippen MR) is 110 cm³/mol. The monoisotopic (exact) mass is 373 g/mol. The molecule has 0 aliphatic rings. The van der Waals surface area contributed by atoms with E-state index in [1.807, 2.05) is 47.9 Å². The fourth-order valence-corrected chi connectivity index (χ4v) is 3.45. The van der Waals surface area contributed by atoms with Crippen LogP contribution in [0.5, 0.6) is 0 Å². The Morgan fingerprint density at radius 1 is 1.11 bits per heavy atom. The van der Waals surface area contributed by atoms with E-state index in [0.717, 1.165) is 28.8 Å². The molecule has 28 heavy (non-hydrogen) atoms. The number of para-hydroxylation sites is 2. The first kappa shape index (κ1) is 18.0. The van der Waals surface area contributed by atoms with Gasteiger partial charge >= 0.3 is 0 Å². The van der Waals surface area contributed by atoms with Crippen molar-refractivity contribution < 1.29 is 4.79 Å². The zero-order chi connectivity index (χ0) is 19.5. The van der Waals surface area contributed by atoms with Gasteiger partial charge in [-0.2, -0.15) is 5.10 Å². The van der Waals surface area contributed by atoms with Crippen molar-refractivity contribution in [3.05, 3.63) is 77.7 Å². The van der Waals surface area contributed by atoms with Crippen molar-refractivity contribution in [2.45, 2.75) is 33.4 Å².